The minimum absolute atomic E-state index is 0.0277. The normalized spacial score (nSPS) is 17.9. The molecule has 0 radical (unpaired) electrons. The maximum atomic E-state index is 13.5. The first-order valence-electron chi connectivity index (χ1n) is 14.1. The summed E-state index contributed by atoms with van der Waals surface area (Å²) < 4.78 is 22.9. The zero-order valence-electron chi connectivity index (χ0n) is 23.9. The fourth-order valence-corrected chi connectivity index (χ4v) is 5.10. The van der Waals surface area contributed by atoms with Crippen LogP contribution in [0.3, 0.4) is 0 Å². The Bertz CT molecular complexity index is 1240. The Balaban J connectivity index is 1.76. The van der Waals surface area contributed by atoms with Gasteiger partial charge in [0.05, 0.1) is 25.3 Å². The molecule has 2 aliphatic rings. The number of likely N-dealkylation sites (tertiary alicyclic amines) is 1. The molecule has 2 aromatic carbocycles. The molecule has 2 aromatic rings. The second-order valence-corrected chi connectivity index (χ2v) is 9.84. The van der Waals surface area contributed by atoms with E-state index in [1.165, 1.54) is 0 Å². The largest absolute Gasteiger partial charge is 0.507 e. The van der Waals surface area contributed by atoms with Gasteiger partial charge in [0.15, 0.2) is 23.0 Å². The lowest BCUT2D eigenvalue weighted by atomic mass is 9.94. The predicted molar refractivity (Wildman–Crippen MR) is 152 cm³/mol. The summed E-state index contributed by atoms with van der Waals surface area (Å²) in [6.45, 7) is 10.2. The molecule has 1 saturated heterocycles. The maximum absolute atomic E-state index is 13.5. The van der Waals surface area contributed by atoms with Crippen LogP contribution in [-0.4, -0.2) is 79.7 Å². The van der Waals surface area contributed by atoms with Crippen molar-refractivity contribution in [3.05, 3.63) is 53.1 Å². The van der Waals surface area contributed by atoms with E-state index in [2.05, 4.69) is 25.7 Å². The Hall–Kier alpha value is -3.72. The highest BCUT2D eigenvalue weighted by molar-refractivity contribution is 6.46. The first-order chi connectivity index (χ1) is 19.4. The Morgan fingerprint density at radius 3 is 2.45 bits per heavy atom. The standard InChI is InChI=1S/C31H40N2O7/c1-5-8-9-16-38-23-12-10-21(19-25(23)37-4)28-27(30(35)31(36)33(28)15-14-32(6-2)7-3)29(34)22-11-13-24-26(20-22)40-18-17-39-24/h10-13,19-20,28,34H,5-9,14-18H2,1-4H3/t28-/m0/s1. The topological polar surface area (TPSA) is 97.8 Å². The van der Waals surface area contributed by atoms with E-state index < -0.39 is 17.7 Å². The van der Waals surface area contributed by atoms with E-state index >= 15 is 0 Å². The molecule has 1 fully saturated rings. The van der Waals surface area contributed by atoms with Crippen LogP contribution in [0.2, 0.25) is 0 Å². The number of carbonyl (C=O) groups is 2. The average Bonchev–Trinajstić information content (AvgIpc) is 3.24. The Morgan fingerprint density at radius 1 is 1.00 bits per heavy atom. The number of nitrogens with zero attached hydrogens (tertiary/aromatic N) is 2. The van der Waals surface area contributed by atoms with E-state index in [-0.39, 0.29) is 11.3 Å². The van der Waals surface area contributed by atoms with Gasteiger partial charge in [0.25, 0.3) is 11.7 Å². The molecule has 40 heavy (non-hydrogen) atoms. The zero-order valence-corrected chi connectivity index (χ0v) is 23.9. The molecule has 2 aliphatic heterocycles. The fourth-order valence-electron chi connectivity index (χ4n) is 5.10. The number of methoxy groups -OCH3 is 1. The van der Waals surface area contributed by atoms with Gasteiger partial charge >= 0.3 is 0 Å². The number of benzene rings is 2. The van der Waals surface area contributed by atoms with Crippen molar-refractivity contribution in [3.8, 4) is 23.0 Å². The van der Waals surface area contributed by atoms with Gasteiger partial charge in [-0.15, -0.1) is 0 Å². The Labute approximate surface area is 236 Å². The molecular weight excluding hydrogens is 512 g/mol. The minimum Gasteiger partial charge on any atom is -0.507 e. The van der Waals surface area contributed by atoms with Gasteiger partial charge in [-0.2, -0.15) is 0 Å². The summed E-state index contributed by atoms with van der Waals surface area (Å²) in [6, 6.07) is 9.61. The number of ether oxygens (including phenoxy) is 4. The van der Waals surface area contributed by atoms with E-state index in [0.29, 0.717) is 67.0 Å². The number of aliphatic hydroxyl groups excluding tert-OH is 1. The summed E-state index contributed by atoms with van der Waals surface area (Å²) in [7, 11) is 1.56. The number of fused-ring (bicyclic) bond motifs is 1. The number of carbonyl (C=O) groups excluding carboxylic acids is 2. The van der Waals surface area contributed by atoms with E-state index in [9.17, 15) is 14.7 Å². The van der Waals surface area contributed by atoms with Crippen molar-refractivity contribution < 1.29 is 33.6 Å². The lowest BCUT2D eigenvalue weighted by Crippen LogP contribution is -2.38. The molecule has 1 N–H and O–H groups in total. The van der Waals surface area contributed by atoms with Crippen LogP contribution >= 0.6 is 0 Å². The van der Waals surface area contributed by atoms with Crippen molar-refractivity contribution in [1.82, 2.24) is 9.80 Å². The number of unbranched alkanes of at least 4 members (excludes halogenated alkanes) is 2. The molecule has 0 spiro atoms. The number of hydrogen-bond acceptors (Lipinski definition) is 8. The number of Topliss-reactive ketones (excluding diaryl/α,β-unsaturated/α-hetero) is 1. The Kier molecular flexibility index (Phi) is 9.93. The van der Waals surface area contributed by atoms with Crippen molar-refractivity contribution >= 4 is 17.4 Å². The van der Waals surface area contributed by atoms with E-state index in [0.717, 1.165) is 32.4 Å². The van der Waals surface area contributed by atoms with E-state index in [4.69, 9.17) is 18.9 Å². The summed E-state index contributed by atoms with van der Waals surface area (Å²) in [5.74, 6) is 0.513. The smallest absolute Gasteiger partial charge is 0.295 e. The van der Waals surface area contributed by atoms with Crippen molar-refractivity contribution in [2.75, 3.05) is 53.1 Å². The van der Waals surface area contributed by atoms with Gasteiger partial charge < -0.3 is 33.9 Å². The number of hydrogen-bond donors (Lipinski definition) is 1. The molecule has 0 aliphatic carbocycles. The zero-order chi connectivity index (χ0) is 28.6. The number of likely N-dealkylation sites (N-methyl/N-ethyl adjacent to an activating group) is 1. The van der Waals surface area contributed by atoms with Crippen LogP contribution in [0.1, 0.15) is 57.2 Å². The van der Waals surface area contributed by atoms with E-state index in [1.807, 2.05) is 6.07 Å². The second kappa shape index (κ2) is 13.6. The van der Waals surface area contributed by atoms with Crippen LogP contribution < -0.4 is 18.9 Å². The molecule has 0 aromatic heterocycles. The minimum atomic E-state index is -0.799. The molecule has 1 atom stereocenters. The van der Waals surface area contributed by atoms with Crippen LogP contribution in [0.5, 0.6) is 23.0 Å². The van der Waals surface area contributed by atoms with Crippen molar-refractivity contribution in [2.45, 2.75) is 46.1 Å². The molecule has 1 amide bonds. The van der Waals surface area contributed by atoms with Crippen LogP contribution in [0.25, 0.3) is 5.76 Å². The van der Waals surface area contributed by atoms with Crippen molar-refractivity contribution in [1.29, 1.82) is 0 Å². The SMILES string of the molecule is CCCCCOc1ccc([C@H]2C(=C(O)c3ccc4c(c3)OCCO4)C(=O)C(=O)N2CCN(CC)CC)cc1OC. The first kappa shape index (κ1) is 29.3. The van der Waals surface area contributed by atoms with Crippen LogP contribution in [0, 0.1) is 0 Å². The molecular formula is C31H40N2O7. The number of rotatable bonds is 13. The molecule has 0 saturated carbocycles. The monoisotopic (exact) mass is 552 g/mol. The highest BCUT2D eigenvalue weighted by Gasteiger charge is 2.46. The molecule has 9 heteroatoms. The quantitative estimate of drug-likeness (QED) is 0.164. The van der Waals surface area contributed by atoms with Crippen LogP contribution in [0.15, 0.2) is 42.0 Å². The van der Waals surface area contributed by atoms with Crippen molar-refractivity contribution in [2.24, 2.45) is 0 Å². The van der Waals surface area contributed by atoms with Gasteiger partial charge in [0.1, 0.15) is 19.0 Å². The molecule has 4 rings (SSSR count). The molecule has 0 unspecified atom stereocenters. The third-order valence-electron chi connectivity index (χ3n) is 7.42. The van der Waals surface area contributed by atoms with Crippen LogP contribution in [0.4, 0.5) is 0 Å². The predicted octanol–water partition coefficient (Wildman–Crippen LogP) is 4.80. The fraction of sp³-hybridized carbons (Fsp3) is 0.484. The molecule has 0 bridgehead atoms. The lowest BCUT2D eigenvalue weighted by Gasteiger charge is -2.28. The van der Waals surface area contributed by atoms with Gasteiger partial charge in [-0.25, -0.2) is 0 Å². The van der Waals surface area contributed by atoms with Gasteiger partial charge in [0, 0.05) is 18.7 Å². The van der Waals surface area contributed by atoms with Gasteiger partial charge in [-0.1, -0.05) is 39.7 Å². The summed E-state index contributed by atoms with van der Waals surface area (Å²) >= 11 is 0. The number of aliphatic hydroxyl groups is 1. The third kappa shape index (κ3) is 6.20. The Morgan fingerprint density at radius 2 is 1.75 bits per heavy atom. The molecule has 2 heterocycles. The highest BCUT2D eigenvalue weighted by atomic mass is 16.6. The summed E-state index contributed by atoms with van der Waals surface area (Å²) in [5.41, 5.74) is 1.05. The number of amides is 1. The first-order valence-corrected chi connectivity index (χ1v) is 14.1. The van der Waals surface area contributed by atoms with Gasteiger partial charge in [-0.3, -0.25) is 9.59 Å². The van der Waals surface area contributed by atoms with Crippen molar-refractivity contribution in [3.63, 3.8) is 0 Å². The highest BCUT2D eigenvalue weighted by Crippen LogP contribution is 2.43. The lowest BCUT2D eigenvalue weighted by molar-refractivity contribution is -0.140. The second-order valence-electron chi connectivity index (χ2n) is 9.84. The maximum Gasteiger partial charge on any atom is 0.295 e. The molecule has 216 valence electrons. The van der Waals surface area contributed by atoms with Gasteiger partial charge in [0.2, 0.25) is 0 Å². The summed E-state index contributed by atoms with van der Waals surface area (Å²) in [5, 5.41) is 11.5. The third-order valence-corrected chi connectivity index (χ3v) is 7.42. The van der Waals surface area contributed by atoms with Gasteiger partial charge in [-0.05, 0) is 55.4 Å². The average molecular weight is 553 g/mol. The summed E-state index contributed by atoms with van der Waals surface area (Å²) in [6.07, 6.45) is 3.10. The summed E-state index contributed by atoms with van der Waals surface area (Å²) in [4.78, 5) is 30.6. The van der Waals surface area contributed by atoms with E-state index in [1.54, 1.807) is 42.3 Å². The van der Waals surface area contributed by atoms with Crippen LogP contribution in [-0.2, 0) is 9.59 Å². The molecule has 9 nitrogen and oxygen atoms in total. The number of ketones is 1.